The first kappa shape index (κ1) is 14.3. The molecule has 0 fully saturated rings. The number of benzene rings is 1. The lowest BCUT2D eigenvalue weighted by molar-refractivity contribution is 0.537. The predicted molar refractivity (Wildman–Crippen MR) is 80.8 cm³/mol. The molecule has 100 valence electrons. The van der Waals surface area contributed by atoms with Crippen molar-refractivity contribution >= 4 is 23.2 Å². The third kappa shape index (κ3) is 3.93. The molecule has 0 bridgehead atoms. The largest absolute Gasteiger partial charge is 0.309 e. The molecule has 0 saturated carbocycles. The molecule has 0 aliphatic carbocycles. The van der Waals surface area contributed by atoms with Crippen LogP contribution < -0.4 is 5.32 Å². The number of rotatable bonds is 5. The Hall–Kier alpha value is -1.09. The Morgan fingerprint density at radius 3 is 2.74 bits per heavy atom. The summed E-state index contributed by atoms with van der Waals surface area (Å²) >= 11 is 12.2. The van der Waals surface area contributed by atoms with Gasteiger partial charge in [-0.25, -0.2) is 0 Å². The van der Waals surface area contributed by atoms with Gasteiger partial charge in [-0.1, -0.05) is 42.3 Å². The monoisotopic (exact) mass is 294 g/mol. The molecule has 2 aromatic rings. The van der Waals surface area contributed by atoms with Gasteiger partial charge in [-0.15, -0.1) is 0 Å². The van der Waals surface area contributed by atoms with E-state index in [2.05, 4.69) is 23.3 Å². The van der Waals surface area contributed by atoms with Crippen LogP contribution in [0.25, 0.3) is 0 Å². The van der Waals surface area contributed by atoms with Crippen molar-refractivity contribution in [1.29, 1.82) is 0 Å². The average Bonchev–Trinajstić information content (AvgIpc) is 2.39. The first-order valence-corrected chi connectivity index (χ1v) is 7.04. The summed E-state index contributed by atoms with van der Waals surface area (Å²) in [5, 5.41) is 4.86. The molecule has 2 rings (SSSR count). The SMILES string of the molecule is CCNC(Cc1cccc(Cl)c1)c1ncccc1Cl. The second-order valence-electron chi connectivity index (χ2n) is 4.31. The number of hydrogen-bond acceptors (Lipinski definition) is 2. The summed E-state index contributed by atoms with van der Waals surface area (Å²) in [7, 11) is 0. The molecule has 0 aliphatic rings. The number of nitrogens with one attached hydrogen (secondary N) is 1. The van der Waals surface area contributed by atoms with Crippen LogP contribution in [0.5, 0.6) is 0 Å². The summed E-state index contributed by atoms with van der Waals surface area (Å²) in [6.07, 6.45) is 2.58. The Morgan fingerprint density at radius 2 is 2.05 bits per heavy atom. The van der Waals surface area contributed by atoms with Gasteiger partial charge in [0.2, 0.25) is 0 Å². The van der Waals surface area contributed by atoms with Gasteiger partial charge >= 0.3 is 0 Å². The fourth-order valence-corrected chi connectivity index (χ4v) is 2.53. The number of pyridine rings is 1. The first-order chi connectivity index (χ1) is 9.20. The lowest BCUT2D eigenvalue weighted by Gasteiger charge is -2.18. The Labute approximate surface area is 123 Å². The van der Waals surface area contributed by atoms with Crippen LogP contribution in [0.4, 0.5) is 0 Å². The van der Waals surface area contributed by atoms with E-state index in [4.69, 9.17) is 23.2 Å². The average molecular weight is 295 g/mol. The highest BCUT2D eigenvalue weighted by molar-refractivity contribution is 6.31. The Bertz CT molecular complexity index is 543. The van der Waals surface area contributed by atoms with E-state index in [9.17, 15) is 0 Å². The zero-order valence-electron chi connectivity index (χ0n) is 10.7. The summed E-state index contributed by atoms with van der Waals surface area (Å²) in [4.78, 5) is 4.39. The van der Waals surface area contributed by atoms with Gasteiger partial charge in [0.15, 0.2) is 0 Å². The van der Waals surface area contributed by atoms with E-state index in [1.165, 1.54) is 5.56 Å². The minimum absolute atomic E-state index is 0.0946. The van der Waals surface area contributed by atoms with Crippen LogP contribution in [0.1, 0.15) is 24.2 Å². The molecular weight excluding hydrogens is 279 g/mol. The van der Waals surface area contributed by atoms with Gasteiger partial charge < -0.3 is 5.32 Å². The first-order valence-electron chi connectivity index (χ1n) is 6.29. The quantitative estimate of drug-likeness (QED) is 0.890. The lowest BCUT2D eigenvalue weighted by Crippen LogP contribution is -2.24. The van der Waals surface area contributed by atoms with Crippen molar-refractivity contribution < 1.29 is 0 Å². The summed E-state index contributed by atoms with van der Waals surface area (Å²) < 4.78 is 0. The van der Waals surface area contributed by atoms with E-state index < -0.39 is 0 Å². The molecule has 1 aromatic carbocycles. The van der Waals surface area contributed by atoms with Gasteiger partial charge in [-0.05, 0) is 42.8 Å². The topological polar surface area (TPSA) is 24.9 Å². The molecule has 4 heteroatoms. The maximum atomic E-state index is 6.22. The number of hydrogen-bond donors (Lipinski definition) is 1. The van der Waals surface area contributed by atoms with Crippen molar-refractivity contribution in [3.05, 3.63) is 63.9 Å². The third-order valence-electron chi connectivity index (χ3n) is 2.90. The van der Waals surface area contributed by atoms with Crippen molar-refractivity contribution in [2.24, 2.45) is 0 Å². The predicted octanol–water partition coefficient (Wildman–Crippen LogP) is 4.28. The molecule has 0 amide bonds. The van der Waals surface area contributed by atoms with Gasteiger partial charge in [-0.2, -0.15) is 0 Å². The highest BCUT2D eigenvalue weighted by atomic mass is 35.5. The zero-order valence-corrected chi connectivity index (χ0v) is 12.2. The molecule has 0 radical (unpaired) electrons. The van der Waals surface area contributed by atoms with E-state index in [0.29, 0.717) is 5.02 Å². The van der Waals surface area contributed by atoms with Crippen LogP contribution in [0.3, 0.4) is 0 Å². The molecule has 0 aliphatic heterocycles. The molecule has 19 heavy (non-hydrogen) atoms. The zero-order chi connectivity index (χ0) is 13.7. The molecule has 0 saturated heterocycles. The van der Waals surface area contributed by atoms with E-state index in [-0.39, 0.29) is 6.04 Å². The number of halogens is 2. The summed E-state index contributed by atoms with van der Waals surface area (Å²) in [6.45, 7) is 2.93. The van der Waals surface area contributed by atoms with Crippen LogP contribution >= 0.6 is 23.2 Å². The van der Waals surface area contributed by atoms with Crippen LogP contribution in [0.2, 0.25) is 10.0 Å². The van der Waals surface area contributed by atoms with Crippen molar-refractivity contribution in [1.82, 2.24) is 10.3 Å². The smallest absolute Gasteiger partial charge is 0.0762 e. The Morgan fingerprint density at radius 1 is 1.21 bits per heavy atom. The maximum Gasteiger partial charge on any atom is 0.0762 e. The molecule has 2 nitrogen and oxygen atoms in total. The third-order valence-corrected chi connectivity index (χ3v) is 3.45. The fraction of sp³-hybridized carbons (Fsp3) is 0.267. The van der Waals surface area contributed by atoms with Gasteiger partial charge in [0, 0.05) is 11.2 Å². The number of aromatic nitrogens is 1. The van der Waals surface area contributed by atoms with Gasteiger partial charge in [-0.3, -0.25) is 4.98 Å². The van der Waals surface area contributed by atoms with E-state index in [1.807, 2.05) is 30.3 Å². The highest BCUT2D eigenvalue weighted by Gasteiger charge is 2.15. The standard InChI is InChI=1S/C15H16Cl2N2/c1-2-18-14(15-13(17)7-4-8-19-15)10-11-5-3-6-12(16)9-11/h3-9,14,18H,2,10H2,1H3. The van der Waals surface area contributed by atoms with Crippen LogP contribution in [-0.4, -0.2) is 11.5 Å². The van der Waals surface area contributed by atoms with E-state index in [1.54, 1.807) is 6.20 Å². The summed E-state index contributed by atoms with van der Waals surface area (Å²) in [6, 6.07) is 11.7. The minimum atomic E-state index is 0.0946. The van der Waals surface area contributed by atoms with Gasteiger partial charge in [0.25, 0.3) is 0 Å². The molecule has 1 atom stereocenters. The van der Waals surface area contributed by atoms with Gasteiger partial charge in [0.1, 0.15) is 0 Å². The second kappa shape index (κ2) is 6.90. The van der Waals surface area contributed by atoms with Crippen molar-refractivity contribution in [3.8, 4) is 0 Å². The number of likely N-dealkylation sites (N-methyl/N-ethyl adjacent to an activating group) is 1. The van der Waals surface area contributed by atoms with Crippen molar-refractivity contribution in [3.63, 3.8) is 0 Å². The summed E-state index contributed by atoms with van der Waals surface area (Å²) in [5.74, 6) is 0. The lowest BCUT2D eigenvalue weighted by atomic mass is 10.0. The van der Waals surface area contributed by atoms with E-state index in [0.717, 1.165) is 23.7 Å². The molecule has 1 heterocycles. The molecule has 1 N–H and O–H groups in total. The van der Waals surface area contributed by atoms with Crippen molar-refractivity contribution in [2.75, 3.05) is 6.54 Å². The normalized spacial score (nSPS) is 12.4. The van der Waals surface area contributed by atoms with Crippen LogP contribution in [0, 0.1) is 0 Å². The van der Waals surface area contributed by atoms with Crippen LogP contribution in [-0.2, 0) is 6.42 Å². The fourth-order valence-electron chi connectivity index (χ4n) is 2.07. The second-order valence-corrected chi connectivity index (χ2v) is 5.16. The van der Waals surface area contributed by atoms with Crippen molar-refractivity contribution in [2.45, 2.75) is 19.4 Å². The molecule has 0 spiro atoms. The molecule has 1 aromatic heterocycles. The Balaban J connectivity index is 2.24. The van der Waals surface area contributed by atoms with Crippen LogP contribution in [0.15, 0.2) is 42.6 Å². The molecule has 1 unspecified atom stereocenters. The summed E-state index contributed by atoms with van der Waals surface area (Å²) in [5.41, 5.74) is 2.05. The molecular formula is C15H16Cl2N2. The minimum Gasteiger partial charge on any atom is -0.309 e. The van der Waals surface area contributed by atoms with Gasteiger partial charge in [0.05, 0.1) is 16.8 Å². The number of nitrogens with zero attached hydrogens (tertiary/aromatic N) is 1. The Kier molecular flexibility index (Phi) is 5.20. The maximum absolute atomic E-state index is 6.22. The highest BCUT2D eigenvalue weighted by Crippen LogP contribution is 2.24. The van der Waals surface area contributed by atoms with E-state index >= 15 is 0 Å².